The van der Waals surface area contributed by atoms with Crippen LogP contribution in [0.15, 0.2) is 60.7 Å². The van der Waals surface area contributed by atoms with Gasteiger partial charge in [-0.15, -0.1) is 0 Å². The number of para-hydroxylation sites is 1. The van der Waals surface area contributed by atoms with Gasteiger partial charge in [-0.3, -0.25) is 0 Å². The first-order valence-electron chi connectivity index (χ1n) is 7.42. The minimum atomic E-state index is -1.18. The number of aromatic carboxylic acids is 1. The topological polar surface area (TPSA) is 76.0 Å². The van der Waals surface area contributed by atoms with E-state index < -0.39 is 12.3 Å². The number of benzene rings is 3. The molecule has 0 saturated heterocycles. The molecule has 0 spiro atoms. The number of carboxylic acids is 1. The second-order valence-corrected chi connectivity index (χ2v) is 5.27. The van der Waals surface area contributed by atoms with Gasteiger partial charge in [-0.2, -0.15) is 0 Å². The van der Waals surface area contributed by atoms with Crippen LogP contribution in [0.5, 0.6) is 17.2 Å². The highest BCUT2D eigenvalue weighted by Crippen LogP contribution is 2.32. The third-order valence-corrected chi connectivity index (χ3v) is 3.53. The molecule has 0 bridgehead atoms. The fraction of sp³-hybridized carbons (Fsp3) is 0.105. The second-order valence-electron chi connectivity index (χ2n) is 5.27. The molecule has 0 saturated carbocycles. The number of carbonyl (C=O) groups is 1. The molecule has 5 heteroatoms. The van der Waals surface area contributed by atoms with Crippen molar-refractivity contribution in [2.24, 2.45) is 0 Å². The molecule has 2 N–H and O–H groups in total. The van der Waals surface area contributed by atoms with Gasteiger partial charge in [-0.25, -0.2) is 4.79 Å². The minimum Gasteiger partial charge on any atom is -0.507 e. The molecular formula is C19H16O5. The maximum Gasteiger partial charge on any atom is 0.339 e. The summed E-state index contributed by atoms with van der Waals surface area (Å²) in [6.45, 7) is 1.76. The first-order valence-corrected chi connectivity index (χ1v) is 7.42. The summed E-state index contributed by atoms with van der Waals surface area (Å²) < 4.78 is 11.5. The van der Waals surface area contributed by atoms with Crippen LogP contribution >= 0.6 is 0 Å². The number of hydrogen-bond donors (Lipinski definition) is 2. The lowest BCUT2D eigenvalue weighted by molar-refractivity contribution is 0.0235. The van der Waals surface area contributed by atoms with Gasteiger partial charge >= 0.3 is 5.97 Å². The van der Waals surface area contributed by atoms with E-state index in [4.69, 9.17) is 14.6 Å². The van der Waals surface area contributed by atoms with Crippen LogP contribution in [0.2, 0.25) is 0 Å². The van der Waals surface area contributed by atoms with Crippen molar-refractivity contribution < 1.29 is 24.5 Å². The molecule has 0 aliphatic heterocycles. The SMILES string of the molecule is CC(Oc1ccccc1)Oc1cccc2cc(C(=O)O)c(O)cc12. The van der Waals surface area contributed by atoms with E-state index in [1.165, 1.54) is 12.1 Å². The summed E-state index contributed by atoms with van der Waals surface area (Å²) in [6, 6.07) is 17.4. The third kappa shape index (κ3) is 3.25. The van der Waals surface area contributed by atoms with Gasteiger partial charge in [0.1, 0.15) is 22.8 Å². The van der Waals surface area contributed by atoms with Crippen molar-refractivity contribution in [2.45, 2.75) is 13.2 Å². The molecule has 0 radical (unpaired) electrons. The van der Waals surface area contributed by atoms with Gasteiger partial charge in [-0.1, -0.05) is 30.3 Å². The molecule has 0 aliphatic carbocycles. The van der Waals surface area contributed by atoms with Gasteiger partial charge in [0.15, 0.2) is 0 Å². The highest BCUT2D eigenvalue weighted by Gasteiger charge is 2.14. The lowest BCUT2D eigenvalue weighted by Gasteiger charge is -2.18. The largest absolute Gasteiger partial charge is 0.507 e. The van der Waals surface area contributed by atoms with Crippen molar-refractivity contribution in [2.75, 3.05) is 0 Å². The minimum absolute atomic E-state index is 0.145. The summed E-state index contributed by atoms with van der Waals surface area (Å²) in [5, 5.41) is 20.3. The zero-order valence-corrected chi connectivity index (χ0v) is 13.0. The average molecular weight is 324 g/mol. The van der Waals surface area contributed by atoms with Crippen molar-refractivity contribution in [3.63, 3.8) is 0 Å². The monoisotopic (exact) mass is 324 g/mol. The summed E-state index contributed by atoms with van der Waals surface area (Å²) in [4.78, 5) is 11.1. The zero-order valence-electron chi connectivity index (χ0n) is 13.0. The van der Waals surface area contributed by atoms with Gasteiger partial charge in [0.2, 0.25) is 6.29 Å². The van der Waals surface area contributed by atoms with Crippen molar-refractivity contribution in [1.82, 2.24) is 0 Å². The van der Waals surface area contributed by atoms with Crippen LogP contribution in [-0.2, 0) is 0 Å². The fourth-order valence-electron chi connectivity index (χ4n) is 2.45. The molecule has 0 aliphatic rings. The Morgan fingerprint density at radius 1 is 1.00 bits per heavy atom. The average Bonchev–Trinajstić information content (AvgIpc) is 2.55. The molecule has 122 valence electrons. The number of carboxylic acid groups (broad SMARTS) is 1. The van der Waals surface area contributed by atoms with Gasteiger partial charge in [0, 0.05) is 12.3 Å². The molecule has 3 aromatic carbocycles. The summed E-state index contributed by atoms with van der Waals surface area (Å²) in [5.41, 5.74) is -0.145. The molecule has 0 aromatic heterocycles. The Hall–Kier alpha value is -3.21. The molecule has 1 atom stereocenters. The van der Waals surface area contributed by atoms with E-state index in [0.717, 1.165) is 0 Å². The van der Waals surface area contributed by atoms with Crippen LogP contribution in [0.4, 0.5) is 0 Å². The Kier molecular flexibility index (Phi) is 4.24. The van der Waals surface area contributed by atoms with Crippen LogP contribution in [0.3, 0.4) is 0 Å². The quantitative estimate of drug-likeness (QED) is 0.693. The Morgan fingerprint density at radius 3 is 2.46 bits per heavy atom. The highest BCUT2D eigenvalue weighted by atomic mass is 16.7. The van der Waals surface area contributed by atoms with Crippen LogP contribution in [0.25, 0.3) is 10.8 Å². The van der Waals surface area contributed by atoms with Gasteiger partial charge in [0.25, 0.3) is 0 Å². The second kappa shape index (κ2) is 6.50. The van der Waals surface area contributed by atoms with Gasteiger partial charge in [0.05, 0.1) is 0 Å². The summed E-state index contributed by atoms with van der Waals surface area (Å²) in [7, 11) is 0. The summed E-state index contributed by atoms with van der Waals surface area (Å²) in [6.07, 6.45) is -0.556. The number of fused-ring (bicyclic) bond motifs is 1. The van der Waals surface area contributed by atoms with Crippen LogP contribution < -0.4 is 9.47 Å². The standard InChI is InChI=1S/C19H16O5/c1-12(23-14-7-3-2-4-8-14)24-18-9-5-6-13-10-16(19(21)22)17(20)11-15(13)18/h2-12,20H,1H3,(H,21,22). The van der Waals surface area contributed by atoms with E-state index in [0.29, 0.717) is 22.3 Å². The Balaban J connectivity index is 1.89. The first-order chi connectivity index (χ1) is 11.5. The Morgan fingerprint density at radius 2 is 1.75 bits per heavy atom. The number of aromatic hydroxyl groups is 1. The smallest absolute Gasteiger partial charge is 0.339 e. The first kappa shape index (κ1) is 15.7. The van der Waals surface area contributed by atoms with Crippen molar-refractivity contribution in [3.8, 4) is 17.2 Å². The fourth-order valence-corrected chi connectivity index (χ4v) is 2.45. The summed E-state index contributed by atoms with van der Waals surface area (Å²) >= 11 is 0. The highest BCUT2D eigenvalue weighted by molar-refractivity contribution is 5.99. The third-order valence-electron chi connectivity index (χ3n) is 3.53. The maximum absolute atomic E-state index is 11.1. The molecule has 0 heterocycles. The van der Waals surface area contributed by atoms with Crippen molar-refractivity contribution in [1.29, 1.82) is 0 Å². The molecule has 3 rings (SSSR count). The number of phenols is 1. The summed E-state index contributed by atoms with van der Waals surface area (Å²) in [5.74, 6) is -0.298. The van der Waals surface area contributed by atoms with Gasteiger partial charge in [-0.05, 0) is 35.7 Å². The molecule has 0 amide bonds. The normalized spacial score (nSPS) is 11.9. The maximum atomic E-state index is 11.1. The Labute approximate surface area is 138 Å². The lowest BCUT2D eigenvalue weighted by atomic mass is 10.1. The number of hydrogen-bond acceptors (Lipinski definition) is 4. The number of ether oxygens (including phenoxy) is 2. The van der Waals surface area contributed by atoms with E-state index in [-0.39, 0.29) is 11.3 Å². The molecule has 24 heavy (non-hydrogen) atoms. The van der Waals surface area contributed by atoms with E-state index >= 15 is 0 Å². The van der Waals surface area contributed by atoms with Gasteiger partial charge < -0.3 is 19.7 Å². The van der Waals surface area contributed by atoms with Crippen molar-refractivity contribution >= 4 is 16.7 Å². The van der Waals surface area contributed by atoms with Crippen LogP contribution in [-0.4, -0.2) is 22.5 Å². The van der Waals surface area contributed by atoms with E-state index in [1.807, 2.05) is 30.3 Å². The molecule has 3 aromatic rings. The van der Waals surface area contributed by atoms with E-state index in [9.17, 15) is 9.90 Å². The lowest BCUT2D eigenvalue weighted by Crippen LogP contribution is -2.19. The number of rotatable bonds is 5. The zero-order chi connectivity index (χ0) is 17.1. The molecule has 0 fully saturated rings. The predicted octanol–water partition coefficient (Wildman–Crippen LogP) is 4.05. The van der Waals surface area contributed by atoms with Crippen LogP contribution in [0.1, 0.15) is 17.3 Å². The van der Waals surface area contributed by atoms with E-state index in [1.54, 1.807) is 25.1 Å². The molecular weight excluding hydrogens is 308 g/mol. The van der Waals surface area contributed by atoms with Crippen molar-refractivity contribution in [3.05, 3.63) is 66.2 Å². The molecule has 1 unspecified atom stereocenters. The molecule has 5 nitrogen and oxygen atoms in total. The van der Waals surface area contributed by atoms with E-state index in [2.05, 4.69) is 0 Å². The predicted molar refractivity (Wildman–Crippen MR) is 89.7 cm³/mol. The van der Waals surface area contributed by atoms with Crippen LogP contribution in [0, 0.1) is 0 Å². The Bertz CT molecular complexity index is 874.